The lowest BCUT2D eigenvalue weighted by atomic mass is 10.1. The van der Waals surface area contributed by atoms with Gasteiger partial charge in [0.05, 0.1) is 4.90 Å². The average Bonchev–Trinajstić information content (AvgIpc) is 2.71. The zero-order valence-corrected chi connectivity index (χ0v) is 17.1. The number of sulfonamides is 1. The van der Waals surface area contributed by atoms with Gasteiger partial charge in [-0.2, -0.15) is 0 Å². The fourth-order valence-corrected chi connectivity index (χ4v) is 3.28. The first-order valence-corrected chi connectivity index (χ1v) is 11.1. The van der Waals surface area contributed by atoms with Crippen molar-refractivity contribution < 1.29 is 18.0 Å². The second-order valence-corrected chi connectivity index (χ2v) is 8.28. The van der Waals surface area contributed by atoms with E-state index in [1.54, 1.807) is 24.3 Å². The summed E-state index contributed by atoms with van der Waals surface area (Å²) < 4.78 is 22.4. The van der Waals surface area contributed by atoms with Crippen LogP contribution in [-0.2, 0) is 21.2 Å². The Hall–Kier alpha value is -2.71. The zero-order valence-electron chi connectivity index (χ0n) is 16.3. The molecule has 0 aliphatic rings. The summed E-state index contributed by atoms with van der Waals surface area (Å²) in [5.74, 6) is -0.0973. The van der Waals surface area contributed by atoms with Crippen LogP contribution >= 0.6 is 0 Å². The predicted molar refractivity (Wildman–Crippen MR) is 112 cm³/mol. The summed E-state index contributed by atoms with van der Waals surface area (Å²) >= 11 is 0. The second kappa shape index (κ2) is 11.3. The lowest BCUT2D eigenvalue weighted by Gasteiger charge is -2.07. The van der Waals surface area contributed by atoms with Gasteiger partial charge in [-0.15, -0.1) is 0 Å². The van der Waals surface area contributed by atoms with Crippen LogP contribution in [-0.4, -0.2) is 33.3 Å². The van der Waals surface area contributed by atoms with Crippen LogP contribution in [0.5, 0.6) is 0 Å². The van der Waals surface area contributed by atoms with Crippen LogP contribution in [0.4, 0.5) is 0 Å². The Balaban J connectivity index is 1.53. The molecule has 8 heteroatoms. The molecule has 0 bridgehead atoms. The normalized spacial score (nSPS) is 11.1. The van der Waals surface area contributed by atoms with E-state index in [0.717, 1.165) is 24.8 Å². The Morgan fingerprint density at radius 2 is 1.52 bits per heavy atom. The van der Waals surface area contributed by atoms with Crippen molar-refractivity contribution in [2.75, 3.05) is 13.1 Å². The number of amides is 2. The number of benzene rings is 2. The molecule has 0 atom stereocenters. The molecule has 0 saturated heterocycles. The highest BCUT2D eigenvalue weighted by Gasteiger charge is 2.07. The predicted octanol–water partition coefficient (Wildman–Crippen LogP) is 1.98. The van der Waals surface area contributed by atoms with Gasteiger partial charge >= 0.3 is 0 Å². The number of unbranched alkanes of at least 4 members (excludes halogenated alkanes) is 2. The Bertz CT molecular complexity index is 897. The van der Waals surface area contributed by atoms with E-state index >= 15 is 0 Å². The topological polar surface area (TPSA) is 118 Å². The van der Waals surface area contributed by atoms with Gasteiger partial charge in [-0.1, -0.05) is 36.8 Å². The molecule has 0 radical (unpaired) electrons. The first-order chi connectivity index (χ1) is 13.9. The van der Waals surface area contributed by atoms with Gasteiger partial charge in [-0.25, -0.2) is 13.6 Å². The van der Waals surface area contributed by atoms with Crippen molar-refractivity contribution in [3.05, 3.63) is 65.7 Å². The summed E-state index contributed by atoms with van der Waals surface area (Å²) in [6.07, 6.45) is 3.50. The number of nitrogens with one attached hydrogen (secondary N) is 2. The third-order valence-corrected chi connectivity index (χ3v) is 5.32. The molecule has 0 heterocycles. The maximum Gasteiger partial charge on any atom is 0.251 e. The summed E-state index contributed by atoms with van der Waals surface area (Å²) in [5, 5.41) is 10.8. The molecular weight excluding hydrogens is 390 g/mol. The molecule has 4 N–H and O–H groups in total. The number of carbonyl (C=O) groups is 2. The summed E-state index contributed by atoms with van der Waals surface area (Å²) in [6, 6.07) is 15.4. The minimum Gasteiger partial charge on any atom is -0.356 e. The number of carbonyl (C=O) groups excluding carboxylic acids is 2. The number of rotatable bonds is 11. The quantitative estimate of drug-likeness (QED) is 0.484. The van der Waals surface area contributed by atoms with Gasteiger partial charge in [0.1, 0.15) is 0 Å². The first-order valence-electron chi connectivity index (χ1n) is 9.58. The summed E-state index contributed by atoms with van der Waals surface area (Å²) in [4.78, 5) is 23.8. The van der Waals surface area contributed by atoms with Gasteiger partial charge in [0.15, 0.2) is 0 Å². The lowest BCUT2D eigenvalue weighted by Crippen LogP contribution is -2.26. The molecular formula is C21H27N3O4S. The minimum absolute atomic E-state index is 0.0144. The Kier molecular flexibility index (Phi) is 8.82. The van der Waals surface area contributed by atoms with Gasteiger partial charge in [-0.3, -0.25) is 9.59 Å². The minimum atomic E-state index is -3.68. The van der Waals surface area contributed by atoms with Gasteiger partial charge in [-0.05, 0) is 49.1 Å². The lowest BCUT2D eigenvalue weighted by molar-refractivity contribution is -0.121. The molecule has 0 aromatic heterocycles. The molecule has 2 amide bonds. The van der Waals surface area contributed by atoms with E-state index < -0.39 is 10.0 Å². The molecule has 156 valence electrons. The van der Waals surface area contributed by atoms with Gasteiger partial charge in [0.25, 0.3) is 5.91 Å². The van der Waals surface area contributed by atoms with Crippen molar-refractivity contribution in [1.82, 2.24) is 10.6 Å². The number of primary sulfonamides is 1. The van der Waals surface area contributed by atoms with Crippen LogP contribution in [0, 0.1) is 0 Å². The fraction of sp³-hybridized carbons (Fsp3) is 0.333. The van der Waals surface area contributed by atoms with Crippen LogP contribution in [0.1, 0.15) is 41.6 Å². The van der Waals surface area contributed by atoms with Crippen LogP contribution in [0.25, 0.3) is 0 Å². The third kappa shape index (κ3) is 8.45. The molecule has 7 nitrogen and oxygen atoms in total. The Labute approximate surface area is 171 Å². The highest BCUT2D eigenvalue weighted by Crippen LogP contribution is 2.09. The molecule has 0 fully saturated rings. The van der Waals surface area contributed by atoms with E-state index in [9.17, 15) is 18.0 Å². The maximum absolute atomic E-state index is 11.9. The monoisotopic (exact) mass is 417 g/mol. The van der Waals surface area contributed by atoms with Gasteiger partial charge in [0, 0.05) is 25.1 Å². The van der Waals surface area contributed by atoms with E-state index in [0.29, 0.717) is 31.5 Å². The van der Waals surface area contributed by atoms with Crippen molar-refractivity contribution in [2.24, 2.45) is 5.14 Å². The van der Waals surface area contributed by atoms with Gasteiger partial charge in [0.2, 0.25) is 15.9 Å². The maximum atomic E-state index is 11.9. The molecule has 2 aromatic carbocycles. The van der Waals surface area contributed by atoms with Gasteiger partial charge < -0.3 is 10.6 Å². The van der Waals surface area contributed by atoms with E-state index in [4.69, 9.17) is 5.14 Å². The average molecular weight is 418 g/mol. The SMILES string of the molecule is NS(=O)(=O)c1ccc(CCNC(=O)CCCCCNC(=O)c2ccccc2)cc1. The van der Waals surface area contributed by atoms with Crippen molar-refractivity contribution >= 4 is 21.8 Å². The zero-order chi connectivity index (χ0) is 21.1. The summed E-state index contributed by atoms with van der Waals surface area (Å²) in [5.41, 5.74) is 1.57. The standard InChI is InChI=1S/C21H27N3O4S/c22-29(27,28)19-12-10-17(11-13-19)14-16-23-20(25)9-5-2-6-15-24-21(26)18-7-3-1-4-8-18/h1,3-4,7-8,10-13H,2,5-6,9,14-16H2,(H,23,25)(H,24,26)(H2,22,27,28). The molecule has 0 aliphatic carbocycles. The Morgan fingerprint density at radius 1 is 0.828 bits per heavy atom. The van der Waals surface area contributed by atoms with Crippen molar-refractivity contribution in [2.45, 2.75) is 37.0 Å². The Morgan fingerprint density at radius 3 is 2.17 bits per heavy atom. The first kappa shape index (κ1) is 22.6. The van der Waals surface area contributed by atoms with E-state index in [1.165, 1.54) is 12.1 Å². The molecule has 29 heavy (non-hydrogen) atoms. The fourth-order valence-electron chi connectivity index (χ4n) is 2.76. The molecule has 2 aromatic rings. The summed E-state index contributed by atoms with van der Waals surface area (Å²) in [7, 11) is -3.68. The third-order valence-electron chi connectivity index (χ3n) is 4.39. The van der Waals surface area contributed by atoms with Crippen LogP contribution < -0.4 is 15.8 Å². The highest BCUT2D eigenvalue weighted by molar-refractivity contribution is 7.89. The van der Waals surface area contributed by atoms with Crippen LogP contribution in [0.2, 0.25) is 0 Å². The second-order valence-electron chi connectivity index (χ2n) is 6.72. The van der Waals surface area contributed by atoms with Crippen molar-refractivity contribution in [1.29, 1.82) is 0 Å². The number of nitrogens with two attached hydrogens (primary N) is 1. The van der Waals surface area contributed by atoms with E-state index in [2.05, 4.69) is 10.6 Å². The number of hydrogen-bond donors (Lipinski definition) is 3. The molecule has 0 unspecified atom stereocenters. The number of hydrogen-bond acceptors (Lipinski definition) is 4. The largest absolute Gasteiger partial charge is 0.356 e. The highest BCUT2D eigenvalue weighted by atomic mass is 32.2. The van der Waals surface area contributed by atoms with Crippen LogP contribution in [0.15, 0.2) is 59.5 Å². The molecule has 2 rings (SSSR count). The molecule has 0 aliphatic heterocycles. The van der Waals surface area contributed by atoms with Crippen molar-refractivity contribution in [3.8, 4) is 0 Å². The smallest absolute Gasteiger partial charge is 0.251 e. The van der Waals surface area contributed by atoms with E-state index in [-0.39, 0.29) is 16.7 Å². The van der Waals surface area contributed by atoms with E-state index in [1.807, 2.05) is 18.2 Å². The van der Waals surface area contributed by atoms with Crippen LogP contribution in [0.3, 0.4) is 0 Å². The van der Waals surface area contributed by atoms with Crippen molar-refractivity contribution in [3.63, 3.8) is 0 Å². The molecule has 0 saturated carbocycles. The summed E-state index contributed by atoms with van der Waals surface area (Å²) in [6.45, 7) is 1.07. The molecule has 0 spiro atoms.